The predicted molar refractivity (Wildman–Crippen MR) is 112 cm³/mol. The topological polar surface area (TPSA) is 41.6 Å². The van der Waals surface area contributed by atoms with E-state index in [1.807, 2.05) is 0 Å². The van der Waals surface area contributed by atoms with Gasteiger partial charge in [-0.2, -0.15) is 0 Å². The Morgan fingerprint density at radius 2 is 2.04 bits per heavy atom. The van der Waals surface area contributed by atoms with Crippen molar-refractivity contribution in [1.29, 1.82) is 0 Å². The number of nitrogens with zero attached hydrogens (tertiary/aromatic N) is 1. The number of benzene rings is 2. The molecule has 4 nitrogen and oxygen atoms in total. The van der Waals surface area contributed by atoms with Gasteiger partial charge in [0.25, 0.3) is 0 Å². The normalized spacial score (nSPS) is 27.2. The van der Waals surface area contributed by atoms with Crippen LogP contribution in [0.15, 0.2) is 48.5 Å². The van der Waals surface area contributed by atoms with Crippen molar-refractivity contribution >= 4 is 17.7 Å². The van der Waals surface area contributed by atoms with Crippen molar-refractivity contribution in [3.63, 3.8) is 0 Å². The smallest absolute Gasteiger partial charge is 0.223 e. The zero-order valence-corrected chi connectivity index (χ0v) is 16.7. The van der Waals surface area contributed by atoms with E-state index in [0.717, 1.165) is 24.3 Å². The summed E-state index contributed by atoms with van der Waals surface area (Å²) in [7, 11) is 0. The van der Waals surface area contributed by atoms with Crippen LogP contribution in [0.3, 0.4) is 0 Å². The summed E-state index contributed by atoms with van der Waals surface area (Å²) >= 11 is 0. The molecule has 0 aliphatic carbocycles. The summed E-state index contributed by atoms with van der Waals surface area (Å²) in [6, 6.07) is 14.9. The van der Waals surface area contributed by atoms with Crippen molar-refractivity contribution in [1.82, 2.24) is 5.32 Å². The van der Waals surface area contributed by atoms with Crippen LogP contribution >= 0.6 is 0 Å². The van der Waals surface area contributed by atoms with Crippen LogP contribution in [-0.4, -0.2) is 24.2 Å². The fraction of sp³-hybridized carbons (Fsp3) is 0.375. The number of ether oxygens (including phenoxy) is 1. The maximum Gasteiger partial charge on any atom is 0.223 e. The molecule has 1 amide bonds. The van der Waals surface area contributed by atoms with Gasteiger partial charge in [-0.3, -0.25) is 4.79 Å². The number of hydrogen-bond donors (Lipinski definition) is 1. The lowest BCUT2D eigenvalue weighted by Gasteiger charge is -2.49. The Kier molecular flexibility index (Phi) is 3.64. The lowest BCUT2D eigenvalue weighted by molar-refractivity contribution is -0.124. The van der Waals surface area contributed by atoms with Gasteiger partial charge in [-0.1, -0.05) is 50.3 Å². The van der Waals surface area contributed by atoms with E-state index in [4.69, 9.17) is 4.74 Å². The Morgan fingerprint density at radius 3 is 2.89 bits per heavy atom. The number of fused-ring (bicyclic) bond motifs is 4. The number of anilines is 1. The van der Waals surface area contributed by atoms with Gasteiger partial charge >= 0.3 is 0 Å². The molecule has 2 unspecified atom stereocenters. The van der Waals surface area contributed by atoms with Gasteiger partial charge in [-0.15, -0.1) is 0 Å². The maximum absolute atomic E-state index is 12.5. The van der Waals surface area contributed by atoms with E-state index in [2.05, 4.69) is 85.6 Å². The third-order valence-corrected chi connectivity index (χ3v) is 6.58. The number of hydrogen-bond acceptors (Lipinski definition) is 3. The van der Waals surface area contributed by atoms with Gasteiger partial charge < -0.3 is 15.0 Å². The number of amides is 1. The van der Waals surface area contributed by atoms with E-state index in [-0.39, 0.29) is 17.4 Å². The molecule has 144 valence electrons. The van der Waals surface area contributed by atoms with Crippen molar-refractivity contribution in [3.8, 4) is 5.75 Å². The molecule has 3 aliphatic heterocycles. The summed E-state index contributed by atoms with van der Waals surface area (Å²) in [6.45, 7) is 7.26. The molecule has 4 heteroatoms. The van der Waals surface area contributed by atoms with Crippen molar-refractivity contribution < 1.29 is 9.53 Å². The molecule has 2 aromatic carbocycles. The SMILES string of the molecule is CC1Cc2ccc(C=CC34NC(=O)CCN3c3ccccc3C4(C)C)cc2O1. The second-order valence-electron chi connectivity index (χ2n) is 8.69. The second-order valence-corrected chi connectivity index (χ2v) is 8.69. The van der Waals surface area contributed by atoms with Crippen molar-refractivity contribution in [3.05, 3.63) is 65.2 Å². The third-order valence-electron chi connectivity index (χ3n) is 6.58. The minimum Gasteiger partial charge on any atom is -0.490 e. The van der Waals surface area contributed by atoms with Crippen LogP contribution in [-0.2, 0) is 16.6 Å². The van der Waals surface area contributed by atoms with Crippen LogP contribution in [0.1, 0.15) is 43.9 Å². The predicted octanol–water partition coefficient (Wildman–Crippen LogP) is 4.04. The molecule has 0 spiro atoms. The monoisotopic (exact) mass is 374 g/mol. The van der Waals surface area contributed by atoms with Gasteiger partial charge in [-0.25, -0.2) is 0 Å². The zero-order chi connectivity index (χ0) is 19.5. The molecule has 2 aromatic rings. The number of carbonyl (C=O) groups excluding carboxylic acids is 1. The summed E-state index contributed by atoms with van der Waals surface area (Å²) < 4.78 is 5.92. The fourth-order valence-electron chi connectivity index (χ4n) is 5.06. The average molecular weight is 374 g/mol. The zero-order valence-electron chi connectivity index (χ0n) is 16.7. The van der Waals surface area contributed by atoms with Gasteiger partial charge in [0.2, 0.25) is 5.91 Å². The van der Waals surface area contributed by atoms with Gasteiger partial charge in [0.15, 0.2) is 0 Å². The molecule has 5 rings (SSSR count). The highest BCUT2D eigenvalue weighted by atomic mass is 16.5. The molecule has 0 bridgehead atoms. The lowest BCUT2D eigenvalue weighted by atomic mass is 9.74. The van der Waals surface area contributed by atoms with Crippen LogP contribution in [0.25, 0.3) is 6.08 Å². The number of para-hydroxylation sites is 1. The van der Waals surface area contributed by atoms with E-state index >= 15 is 0 Å². The van der Waals surface area contributed by atoms with Crippen LogP contribution < -0.4 is 15.0 Å². The highest BCUT2D eigenvalue weighted by Crippen LogP contribution is 2.52. The highest BCUT2D eigenvalue weighted by Gasteiger charge is 2.57. The number of rotatable bonds is 2. The van der Waals surface area contributed by atoms with E-state index in [0.29, 0.717) is 6.42 Å². The third kappa shape index (κ3) is 2.33. The highest BCUT2D eigenvalue weighted by molar-refractivity contribution is 5.84. The fourth-order valence-corrected chi connectivity index (χ4v) is 5.06. The molecule has 3 heterocycles. The molecule has 1 saturated heterocycles. The first-order valence-electron chi connectivity index (χ1n) is 10.1. The summed E-state index contributed by atoms with van der Waals surface area (Å²) in [5, 5.41) is 3.33. The van der Waals surface area contributed by atoms with Crippen LogP contribution in [0.4, 0.5) is 5.69 Å². The van der Waals surface area contributed by atoms with Crippen LogP contribution in [0, 0.1) is 0 Å². The Morgan fingerprint density at radius 1 is 1.21 bits per heavy atom. The molecule has 28 heavy (non-hydrogen) atoms. The molecule has 1 N–H and O–H groups in total. The van der Waals surface area contributed by atoms with E-state index in [9.17, 15) is 4.79 Å². The Labute approximate surface area is 166 Å². The summed E-state index contributed by atoms with van der Waals surface area (Å²) in [4.78, 5) is 14.8. The Balaban J connectivity index is 1.58. The second kappa shape index (κ2) is 5.87. The lowest BCUT2D eigenvalue weighted by Crippen LogP contribution is -2.68. The molecular formula is C24H26N2O2. The molecule has 0 saturated carbocycles. The van der Waals surface area contributed by atoms with E-state index in [1.165, 1.54) is 16.8 Å². The Bertz CT molecular complexity index is 994. The minimum atomic E-state index is -0.570. The summed E-state index contributed by atoms with van der Waals surface area (Å²) in [6.07, 6.45) is 6.02. The molecule has 0 radical (unpaired) electrons. The quantitative estimate of drug-likeness (QED) is 0.863. The minimum absolute atomic E-state index is 0.105. The van der Waals surface area contributed by atoms with Gasteiger partial charge in [0.05, 0.1) is 0 Å². The molecule has 3 aliphatic rings. The first kappa shape index (κ1) is 17.4. The summed E-state index contributed by atoms with van der Waals surface area (Å²) in [5.41, 5.74) is 4.02. The standard InChI is InChI=1S/C24H26N2O2/c1-16-14-18-9-8-17(15-21(18)28-16)10-12-24-23(2,3)19-6-4-5-7-20(19)26(24)13-11-22(27)25-24/h4-10,12,15-16H,11,13-14H2,1-3H3,(H,25,27). The first-order chi connectivity index (χ1) is 13.4. The van der Waals surface area contributed by atoms with Crippen molar-refractivity contribution in [2.75, 3.05) is 11.4 Å². The number of nitrogens with one attached hydrogen (secondary N) is 1. The number of carbonyl (C=O) groups is 1. The average Bonchev–Trinajstić information content (AvgIpc) is 3.13. The van der Waals surface area contributed by atoms with Crippen molar-refractivity contribution in [2.24, 2.45) is 0 Å². The summed E-state index contributed by atoms with van der Waals surface area (Å²) in [5.74, 6) is 1.08. The Hall–Kier alpha value is -2.75. The van der Waals surface area contributed by atoms with Crippen LogP contribution in [0.5, 0.6) is 5.75 Å². The van der Waals surface area contributed by atoms with E-state index in [1.54, 1.807) is 0 Å². The first-order valence-corrected chi connectivity index (χ1v) is 10.1. The van der Waals surface area contributed by atoms with Gasteiger partial charge in [0, 0.05) is 30.5 Å². The molecule has 2 atom stereocenters. The molecule has 0 aromatic heterocycles. The van der Waals surface area contributed by atoms with E-state index < -0.39 is 5.66 Å². The van der Waals surface area contributed by atoms with Gasteiger partial charge in [0.1, 0.15) is 17.5 Å². The van der Waals surface area contributed by atoms with Gasteiger partial charge in [-0.05, 0) is 41.8 Å². The van der Waals surface area contributed by atoms with Crippen LogP contribution in [0.2, 0.25) is 0 Å². The molecule has 1 fully saturated rings. The maximum atomic E-state index is 12.5. The van der Waals surface area contributed by atoms with Crippen molar-refractivity contribution in [2.45, 2.75) is 50.8 Å². The largest absolute Gasteiger partial charge is 0.490 e. The molecular weight excluding hydrogens is 348 g/mol.